The molecule has 0 radical (unpaired) electrons. The molecule has 1 aliphatic carbocycles. The highest BCUT2D eigenvalue weighted by molar-refractivity contribution is 6.30. The van der Waals surface area contributed by atoms with Gasteiger partial charge in [-0.2, -0.15) is 0 Å². The van der Waals surface area contributed by atoms with Crippen LogP contribution in [0, 0.1) is 5.92 Å². The van der Waals surface area contributed by atoms with E-state index in [1.807, 2.05) is 0 Å². The second-order valence-electron chi connectivity index (χ2n) is 5.76. The molecule has 1 fully saturated rings. The molecule has 2 unspecified atom stereocenters. The Morgan fingerprint density at radius 3 is 2.48 bits per heavy atom. The topological polar surface area (TPSA) is 29.5 Å². The van der Waals surface area contributed by atoms with Gasteiger partial charge in [0.15, 0.2) is 0 Å². The lowest BCUT2D eigenvalue weighted by Crippen LogP contribution is -3.00. The maximum atomic E-state index is 12.2. The van der Waals surface area contributed by atoms with Gasteiger partial charge >= 0.3 is 5.97 Å². The van der Waals surface area contributed by atoms with Gasteiger partial charge in [-0.25, -0.2) is 4.79 Å². The van der Waals surface area contributed by atoms with Crippen LogP contribution in [-0.2, 0) is 4.74 Å². The van der Waals surface area contributed by atoms with Crippen molar-refractivity contribution >= 4 is 17.6 Å². The fourth-order valence-corrected chi connectivity index (χ4v) is 2.92. The van der Waals surface area contributed by atoms with Crippen LogP contribution in [-0.4, -0.2) is 37.6 Å². The molecule has 1 saturated carbocycles. The zero-order valence-corrected chi connectivity index (χ0v) is 14.0. The van der Waals surface area contributed by atoms with E-state index in [1.54, 1.807) is 24.3 Å². The number of nitrogens with zero attached hydrogens (tertiary/aromatic N) is 1. The van der Waals surface area contributed by atoms with Gasteiger partial charge in [-0.05, 0) is 57.6 Å². The smallest absolute Gasteiger partial charge is 0.338 e. The van der Waals surface area contributed by atoms with Crippen molar-refractivity contribution in [2.75, 3.05) is 20.6 Å². The summed E-state index contributed by atoms with van der Waals surface area (Å²) in [5.41, 5.74) is 0.573. The average molecular weight is 331 g/mol. The number of benzene rings is 1. The summed E-state index contributed by atoms with van der Waals surface area (Å²) in [5.74, 6) is 0.201. The van der Waals surface area contributed by atoms with Crippen molar-refractivity contribution in [3.63, 3.8) is 0 Å². The maximum Gasteiger partial charge on any atom is 0.338 e. The van der Waals surface area contributed by atoms with Crippen molar-refractivity contribution in [2.24, 2.45) is 5.92 Å². The van der Waals surface area contributed by atoms with Crippen LogP contribution in [0.3, 0.4) is 0 Å². The fraction of sp³-hybridized carbons (Fsp3) is 0.562. The van der Waals surface area contributed by atoms with Gasteiger partial charge in [0.05, 0.1) is 5.56 Å². The standard InChI is InChI=1S/C16H22ClNO2.ClH/c1-18(2)11-13-5-3-4-6-15(13)20-16(19)12-7-9-14(17)10-8-12;/h7-10,13,15H,3-6,11H2,1-2H3;1H/p-1. The van der Waals surface area contributed by atoms with Crippen molar-refractivity contribution in [3.05, 3.63) is 34.9 Å². The summed E-state index contributed by atoms with van der Waals surface area (Å²) in [4.78, 5) is 14.3. The number of rotatable bonds is 4. The Morgan fingerprint density at radius 2 is 1.86 bits per heavy atom. The first-order valence-corrected chi connectivity index (χ1v) is 7.55. The number of carbonyl (C=O) groups is 1. The van der Waals surface area contributed by atoms with E-state index in [4.69, 9.17) is 16.3 Å². The van der Waals surface area contributed by atoms with Crippen LogP contribution >= 0.6 is 11.6 Å². The number of carbonyl (C=O) groups excluding carboxylic acids is 1. The van der Waals surface area contributed by atoms with Crippen LogP contribution < -0.4 is 12.4 Å². The lowest BCUT2D eigenvalue weighted by Gasteiger charge is -2.32. The molecule has 0 aromatic heterocycles. The molecule has 0 saturated heterocycles. The largest absolute Gasteiger partial charge is 1.00 e. The third kappa shape index (κ3) is 5.50. The number of halogens is 2. The van der Waals surface area contributed by atoms with Gasteiger partial charge in [-0.15, -0.1) is 0 Å². The molecule has 0 amide bonds. The fourth-order valence-electron chi connectivity index (χ4n) is 2.80. The van der Waals surface area contributed by atoms with Crippen LogP contribution in [0.4, 0.5) is 0 Å². The molecule has 3 nitrogen and oxygen atoms in total. The highest BCUT2D eigenvalue weighted by Gasteiger charge is 2.28. The monoisotopic (exact) mass is 330 g/mol. The first kappa shape index (κ1) is 18.3. The molecule has 0 spiro atoms. The second-order valence-corrected chi connectivity index (χ2v) is 6.19. The summed E-state index contributed by atoms with van der Waals surface area (Å²) in [7, 11) is 4.12. The van der Waals surface area contributed by atoms with Gasteiger partial charge in [-0.3, -0.25) is 0 Å². The Morgan fingerprint density at radius 1 is 1.24 bits per heavy atom. The predicted molar refractivity (Wildman–Crippen MR) is 81.2 cm³/mol. The molecule has 0 aliphatic heterocycles. The number of hydrogen-bond donors (Lipinski definition) is 0. The predicted octanol–water partition coefficient (Wildman–Crippen LogP) is 0.621. The highest BCUT2D eigenvalue weighted by atomic mass is 35.5. The minimum absolute atomic E-state index is 0. The second kappa shape index (κ2) is 8.62. The van der Waals surface area contributed by atoms with E-state index in [1.165, 1.54) is 6.42 Å². The summed E-state index contributed by atoms with van der Waals surface area (Å²) < 4.78 is 5.72. The quantitative estimate of drug-likeness (QED) is 0.758. The summed E-state index contributed by atoms with van der Waals surface area (Å²) in [6.07, 6.45) is 4.51. The van der Waals surface area contributed by atoms with E-state index >= 15 is 0 Å². The molecular weight excluding hydrogens is 309 g/mol. The van der Waals surface area contributed by atoms with Gasteiger partial charge in [0.1, 0.15) is 6.10 Å². The molecule has 118 valence electrons. The normalized spacial score (nSPS) is 21.7. The number of esters is 1. The van der Waals surface area contributed by atoms with Crippen molar-refractivity contribution in [1.82, 2.24) is 4.90 Å². The summed E-state index contributed by atoms with van der Waals surface area (Å²) >= 11 is 5.83. The van der Waals surface area contributed by atoms with Crippen LogP contribution in [0.1, 0.15) is 36.0 Å². The van der Waals surface area contributed by atoms with Gasteiger partial charge in [0.25, 0.3) is 0 Å². The average Bonchev–Trinajstić information content (AvgIpc) is 2.41. The van der Waals surface area contributed by atoms with Gasteiger partial charge < -0.3 is 22.0 Å². The van der Waals surface area contributed by atoms with Gasteiger partial charge in [-0.1, -0.05) is 18.0 Å². The lowest BCUT2D eigenvalue weighted by molar-refractivity contribution is -0.00343. The molecule has 1 aromatic carbocycles. The van der Waals surface area contributed by atoms with Crippen LogP contribution in [0.25, 0.3) is 0 Å². The Bertz CT molecular complexity index is 448. The Kier molecular flexibility index (Phi) is 7.50. The lowest BCUT2D eigenvalue weighted by atomic mass is 9.86. The Balaban J connectivity index is 0.00000220. The molecule has 1 aromatic rings. The van der Waals surface area contributed by atoms with E-state index in [0.717, 1.165) is 25.8 Å². The molecule has 5 heteroatoms. The van der Waals surface area contributed by atoms with Gasteiger partial charge in [0.2, 0.25) is 0 Å². The molecule has 0 heterocycles. The third-order valence-corrected chi connectivity index (χ3v) is 4.03. The zero-order chi connectivity index (χ0) is 14.5. The first-order valence-electron chi connectivity index (χ1n) is 7.17. The van der Waals surface area contributed by atoms with Crippen LogP contribution in [0.2, 0.25) is 5.02 Å². The number of hydrogen-bond acceptors (Lipinski definition) is 3. The van der Waals surface area contributed by atoms with Crippen molar-refractivity contribution in [1.29, 1.82) is 0 Å². The van der Waals surface area contributed by atoms with Crippen LogP contribution in [0.15, 0.2) is 24.3 Å². The van der Waals surface area contributed by atoms with Crippen molar-refractivity contribution in [3.8, 4) is 0 Å². The van der Waals surface area contributed by atoms with Crippen LogP contribution in [0.5, 0.6) is 0 Å². The molecule has 21 heavy (non-hydrogen) atoms. The minimum Gasteiger partial charge on any atom is -1.00 e. The summed E-state index contributed by atoms with van der Waals surface area (Å²) in [5, 5.41) is 0.629. The molecular formula is C16H22Cl2NO2-. The van der Waals surface area contributed by atoms with Gasteiger partial charge in [0, 0.05) is 17.5 Å². The Hall–Kier alpha value is -0.770. The van der Waals surface area contributed by atoms with Crippen molar-refractivity contribution < 1.29 is 21.9 Å². The highest BCUT2D eigenvalue weighted by Crippen LogP contribution is 2.28. The maximum absolute atomic E-state index is 12.2. The van der Waals surface area contributed by atoms with E-state index < -0.39 is 0 Å². The number of ether oxygens (including phenoxy) is 1. The zero-order valence-electron chi connectivity index (χ0n) is 12.5. The molecule has 1 aliphatic rings. The molecule has 0 bridgehead atoms. The van der Waals surface area contributed by atoms with E-state index in [-0.39, 0.29) is 24.5 Å². The van der Waals surface area contributed by atoms with E-state index in [9.17, 15) is 4.79 Å². The first-order chi connectivity index (χ1) is 9.56. The molecule has 2 atom stereocenters. The molecule has 0 N–H and O–H groups in total. The summed E-state index contributed by atoms with van der Waals surface area (Å²) in [6.45, 7) is 0.971. The Labute approximate surface area is 138 Å². The summed E-state index contributed by atoms with van der Waals surface area (Å²) in [6, 6.07) is 6.87. The minimum atomic E-state index is -0.239. The molecule has 2 rings (SSSR count). The van der Waals surface area contributed by atoms with E-state index in [2.05, 4.69) is 19.0 Å². The third-order valence-electron chi connectivity index (χ3n) is 3.78. The van der Waals surface area contributed by atoms with Crippen molar-refractivity contribution in [2.45, 2.75) is 31.8 Å². The SMILES string of the molecule is CN(C)CC1CCCCC1OC(=O)c1ccc(Cl)cc1.[Cl-]. The van der Waals surface area contributed by atoms with E-state index in [0.29, 0.717) is 16.5 Å².